The molecule has 0 aliphatic carbocycles. The van der Waals surface area contributed by atoms with Gasteiger partial charge in [-0.1, -0.05) is 26.0 Å². The molecule has 2 nitrogen and oxygen atoms in total. The van der Waals surface area contributed by atoms with Gasteiger partial charge in [0.1, 0.15) is 0 Å². The highest BCUT2D eigenvalue weighted by Crippen LogP contribution is 2.41. The third kappa shape index (κ3) is 2.45. The Hall–Kier alpha value is -0.670. The lowest BCUT2D eigenvalue weighted by molar-refractivity contribution is 0.277. The maximum Gasteiger partial charge on any atom is 0.0539 e. The van der Waals surface area contributed by atoms with E-state index in [4.69, 9.17) is 5.11 Å². The molecule has 3 heteroatoms. The van der Waals surface area contributed by atoms with Crippen LogP contribution in [0.1, 0.15) is 31.7 Å². The molecule has 0 aromatic heterocycles. The Balaban J connectivity index is 2.38. The Morgan fingerprint density at radius 3 is 2.88 bits per heavy atom. The summed E-state index contributed by atoms with van der Waals surface area (Å²) in [5, 5.41) is 9.13. The maximum atomic E-state index is 9.13. The van der Waals surface area contributed by atoms with E-state index in [-0.39, 0.29) is 6.61 Å². The third-order valence-electron chi connectivity index (χ3n) is 3.45. The van der Waals surface area contributed by atoms with Gasteiger partial charge in [0.2, 0.25) is 0 Å². The van der Waals surface area contributed by atoms with Crippen molar-refractivity contribution >= 4 is 17.4 Å². The van der Waals surface area contributed by atoms with E-state index in [1.54, 1.807) is 0 Å². The first kappa shape index (κ1) is 12.8. The smallest absolute Gasteiger partial charge is 0.0539 e. The number of anilines is 1. The standard InChI is InChI=1S/C14H21NOS/c1-10(2)12-5-4-6-13-14(12)15(3)11(7-8-16)9-17-13/h4-6,10-11,16H,7-9H2,1-3H3. The predicted octanol–water partition coefficient (Wildman–Crippen LogP) is 3.10. The van der Waals surface area contributed by atoms with Gasteiger partial charge in [-0.25, -0.2) is 0 Å². The van der Waals surface area contributed by atoms with Crippen molar-refractivity contribution in [3.05, 3.63) is 23.8 Å². The summed E-state index contributed by atoms with van der Waals surface area (Å²) in [5.41, 5.74) is 2.79. The Bertz CT molecular complexity index is 392. The molecule has 1 heterocycles. The van der Waals surface area contributed by atoms with Crippen molar-refractivity contribution in [2.45, 2.75) is 37.1 Å². The van der Waals surface area contributed by atoms with E-state index < -0.39 is 0 Å². The number of hydrogen-bond acceptors (Lipinski definition) is 3. The first-order chi connectivity index (χ1) is 8.15. The van der Waals surface area contributed by atoms with Crippen LogP contribution < -0.4 is 4.90 Å². The predicted molar refractivity (Wildman–Crippen MR) is 75.1 cm³/mol. The number of hydrogen-bond donors (Lipinski definition) is 1. The zero-order valence-corrected chi connectivity index (χ0v) is 11.6. The molecular weight excluding hydrogens is 230 g/mol. The van der Waals surface area contributed by atoms with E-state index >= 15 is 0 Å². The van der Waals surface area contributed by atoms with Crippen LogP contribution in [-0.4, -0.2) is 30.6 Å². The fourth-order valence-electron chi connectivity index (χ4n) is 2.41. The van der Waals surface area contributed by atoms with Crippen molar-refractivity contribution in [3.8, 4) is 0 Å². The summed E-state index contributed by atoms with van der Waals surface area (Å²) in [6, 6.07) is 7.04. The number of thioether (sulfide) groups is 1. The second kappa shape index (κ2) is 5.32. The van der Waals surface area contributed by atoms with Crippen LogP contribution in [0.2, 0.25) is 0 Å². The van der Waals surface area contributed by atoms with Crippen LogP contribution >= 0.6 is 11.8 Å². The Kier molecular flexibility index (Phi) is 4.00. The maximum absolute atomic E-state index is 9.13. The molecule has 1 aromatic carbocycles. The minimum Gasteiger partial charge on any atom is -0.396 e. The molecule has 0 fully saturated rings. The van der Waals surface area contributed by atoms with E-state index in [0.29, 0.717) is 12.0 Å². The summed E-state index contributed by atoms with van der Waals surface area (Å²) in [6.07, 6.45) is 0.857. The summed E-state index contributed by atoms with van der Waals surface area (Å²) >= 11 is 1.92. The quantitative estimate of drug-likeness (QED) is 0.893. The first-order valence-electron chi connectivity index (χ1n) is 6.24. The van der Waals surface area contributed by atoms with Gasteiger partial charge in [0, 0.05) is 30.3 Å². The first-order valence-corrected chi connectivity index (χ1v) is 7.23. The van der Waals surface area contributed by atoms with Crippen molar-refractivity contribution in [1.82, 2.24) is 0 Å². The molecule has 94 valence electrons. The van der Waals surface area contributed by atoms with Gasteiger partial charge in [0.15, 0.2) is 0 Å². The number of rotatable bonds is 3. The van der Waals surface area contributed by atoms with Gasteiger partial charge in [-0.2, -0.15) is 0 Å². The summed E-state index contributed by atoms with van der Waals surface area (Å²) in [5.74, 6) is 1.62. The van der Waals surface area contributed by atoms with Gasteiger partial charge in [-0.3, -0.25) is 0 Å². The normalized spacial score (nSPS) is 19.6. The fraction of sp³-hybridized carbons (Fsp3) is 0.571. The lowest BCUT2D eigenvalue weighted by Crippen LogP contribution is -2.38. The van der Waals surface area contributed by atoms with Crippen molar-refractivity contribution in [1.29, 1.82) is 0 Å². The SMILES string of the molecule is CC(C)c1cccc2c1N(C)C(CCO)CS2. The molecule has 1 aliphatic rings. The third-order valence-corrected chi connectivity index (χ3v) is 4.64. The Morgan fingerprint density at radius 2 is 2.24 bits per heavy atom. The van der Waals surface area contributed by atoms with Gasteiger partial charge in [-0.15, -0.1) is 11.8 Å². The molecule has 0 spiro atoms. The largest absolute Gasteiger partial charge is 0.396 e. The molecule has 1 unspecified atom stereocenters. The van der Waals surface area contributed by atoms with E-state index in [1.807, 2.05) is 11.8 Å². The molecular formula is C14H21NOS. The van der Waals surface area contributed by atoms with Crippen LogP contribution in [0.15, 0.2) is 23.1 Å². The zero-order valence-electron chi connectivity index (χ0n) is 10.8. The second-order valence-corrected chi connectivity index (χ2v) is 6.00. The molecule has 1 aromatic rings. The molecule has 1 aliphatic heterocycles. The highest BCUT2D eigenvalue weighted by molar-refractivity contribution is 7.99. The van der Waals surface area contributed by atoms with Crippen LogP contribution in [0.3, 0.4) is 0 Å². The lowest BCUT2D eigenvalue weighted by Gasteiger charge is -2.37. The van der Waals surface area contributed by atoms with E-state index in [9.17, 15) is 0 Å². The molecule has 2 rings (SSSR count). The molecule has 1 N–H and O–H groups in total. The van der Waals surface area contributed by atoms with Crippen LogP contribution in [-0.2, 0) is 0 Å². The van der Waals surface area contributed by atoms with Gasteiger partial charge in [0.25, 0.3) is 0 Å². The number of aliphatic hydroxyl groups excluding tert-OH is 1. The fourth-order valence-corrected chi connectivity index (χ4v) is 3.74. The summed E-state index contributed by atoms with van der Waals surface area (Å²) < 4.78 is 0. The Labute approximate surface area is 108 Å². The summed E-state index contributed by atoms with van der Waals surface area (Å²) in [4.78, 5) is 3.74. The number of nitrogens with zero attached hydrogens (tertiary/aromatic N) is 1. The minimum atomic E-state index is 0.273. The average Bonchev–Trinajstić information content (AvgIpc) is 2.32. The number of aliphatic hydroxyl groups is 1. The average molecular weight is 251 g/mol. The molecule has 0 bridgehead atoms. The molecule has 17 heavy (non-hydrogen) atoms. The zero-order chi connectivity index (χ0) is 12.4. The lowest BCUT2D eigenvalue weighted by atomic mass is 9.99. The highest BCUT2D eigenvalue weighted by atomic mass is 32.2. The number of para-hydroxylation sites is 1. The second-order valence-electron chi connectivity index (χ2n) is 4.94. The van der Waals surface area contributed by atoms with Gasteiger partial charge < -0.3 is 10.0 Å². The number of benzene rings is 1. The molecule has 0 saturated heterocycles. The van der Waals surface area contributed by atoms with Gasteiger partial charge >= 0.3 is 0 Å². The summed E-state index contributed by atoms with van der Waals surface area (Å²) in [7, 11) is 2.16. The van der Waals surface area contributed by atoms with Crippen LogP contribution in [0, 0.1) is 0 Å². The molecule has 0 radical (unpaired) electrons. The van der Waals surface area contributed by atoms with Crippen molar-refractivity contribution in [2.24, 2.45) is 0 Å². The monoisotopic (exact) mass is 251 g/mol. The van der Waals surface area contributed by atoms with Crippen molar-refractivity contribution < 1.29 is 5.11 Å². The van der Waals surface area contributed by atoms with Crippen LogP contribution in [0.25, 0.3) is 0 Å². The molecule has 1 atom stereocenters. The minimum absolute atomic E-state index is 0.273. The van der Waals surface area contributed by atoms with E-state index in [0.717, 1.165) is 12.2 Å². The molecule has 0 amide bonds. The van der Waals surface area contributed by atoms with Crippen LogP contribution in [0.4, 0.5) is 5.69 Å². The van der Waals surface area contributed by atoms with Crippen molar-refractivity contribution in [3.63, 3.8) is 0 Å². The van der Waals surface area contributed by atoms with Crippen molar-refractivity contribution in [2.75, 3.05) is 24.3 Å². The Morgan fingerprint density at radius 1 is 1.47 bits per heavy atom. The topological polar surface area (TPSA) is 23.5 Å². The number of fused-ring (bicyclic) bond motifs is 1. The van der Waals surface area contributed by atoms with Crippen LogP contribution in [0.5, 0.6) is 0 Å². The molecule has 0 saturated carbocycles. The van der Waals surface area contributed by atoms with Gasteiger partial charge in [0.05, 0.1) is 5.69 Å². The highest BCUT2D eigenvalue weighted by Gasteiger charge is 2.26. The van der Waals surface area contributed by atoms with E-state index in [2.05, 4.69) is 44.0 Å². The van der Waals surface area contributed by atoms with E-state index in [1.165, 1.54) is 16.1 Å². The van der Waals surface area contributed by atoms with Gasteiger partial charge in [-0.05, 0) is 24.0 Å². The summed E-state index contributed by atoms with van der Waals surface area (Å²) in [6.45, 7) is 4.75.